The Bertz CT molecular complexity index is 694. The molecule has 1 saturated carbocycles. The van der Waals surface area contributed by atoms with Crippen LogP contribution in [0.4, 0.5) is 5.82 Å². The number of nitrogens with zero attached hydrogens (tertiary/aromatic N) is 4. The first-order valence-electron chi connectivity index (χ1n) is 6.08. The van der Waals surface area contributed by atoms with Crippen LogP contribution in [0, 0.1) is 5.41 Å². The van der Waals surface area contributed by atoms with Crippen LogP contribution in [0.2, 0.25) is 0 Å². The number of imidazole rings is 1. The molecule has 1 aliphatic rings. The highest BCUT2D eigenvalue weighted by atomic mass is 31.1. The van der Waals surface area contributed by atoms with Gasteiger partial charge in [0.1, 0.15) is 11.8 Å². The molecule has 0 spiro atoms. The molecule has 1 fully saturated rings. The van der Waals surface area contributed by atoms with Crippen molar-refractivity contribution in [3.63, 3.8) is 0 Å². The molecule has 0 saturated heterocycles. The molecule has 0 radical (unpaired) electrons. The van der Waals surface area contributed by atoms with Gasteiger partial charge in [-0.2, -0.15) is 0 Å². The van der Waals surface area contributed by atoms with Gasteiger partial charge >= 0.3 is 8.25 Å². The Morgan fingerprint density at radius 3 is 3.00 bits per heavy atom. The monoisotopic (exact) mass is 295 g/mol. The molecule has 0 bridgehead atoms. The quantitative estimate of drug-likeness (QED) is 0.626. The second kappa shape index (κ2) is 4.88. The highest BCUT2D eigenvalue weighted by molar-refractivity contribution is 7.32. The smallest absolute Gasteiger partial charge is 0.364 e. The molecule has 1 aliphatic carbocycles. The molecule has 2 aromatic heterocycles. The van der Waals surface area contributed by atoms with Crippen LogP contribution in [0.5, 0.6) is 0 Å². The number of rotatable bonds is 5. The molecule has 8 nitrogen and oxygen atoms in total. The van der Waals surface area contributed by atoms with E-state index in [4.69, 9.17) is 10.6 Å². The number of hydrogen-bond acceptors (Lipinski definition) is 6. The fraction of sp³-hybridized carbons (Fsp3) is 0.364. The minimum Gasteiger partial charge on any atom is -0.435 e. The topological polar surface area (TPSA) is 116 Å². The zero-order valence-electron chi connectivity index (χ0n) is 10.6. The van der Waals surface area contributed by atoms with Gasteiger partial charge in [-0.1, -0.05) is 0 Å². The van der Waals surface area contributed by atoms with Crippen LogP contribution in [-0.2, 0) is 15.6 Å². The van der Waals surface area contributed by atoms with Crippen molar-refractivity contribution in [1.29, 1.82) is 0 Å². The summed E-state index contributed by atoms with van der Waals surface area (Å²) in [5.74, 6) is 0.358. The van der Waals surface area contributed by atoms with Crippen molar-refractivity contribution in [2.75, 3.05) is 5.73 Å². The van der Waals surface area contributed by atoms with Gasteiger partial charge < -0.3 is 19.7 Å². The Hall–Kier alpha value is -1.92. The minimum absolute atomic E-state index is 0.0648. The van der Waals surface area contributed by atoms with Crippen LogP contribution in [0.3, 0.4) is 0 Å². The van der Waals surface area contributed by atoms with E-state index in [9.17, 15) is 4.57 Å². The van der Waals surface area contributed by atoms with E-state index in [0.717, 1.165) is 12.8 Å². The van der Waals surface area contributed by atoms with Gasteiger partial charge in [-0.25, -0.2) is 19.5 Å². The number of allylic oxidation sites excluding steroid dienone is 1. The maximum atomic E-state index is 10.5. The van der Waals surface area contributed by atoms with E-state index < -0.39 is 8.25 Å². The summed E-state index contributed by atoms with van der Waals surface area (Å²) in [5, 5.41) is 0. The molecule has 20 heavy (non-hydrogen) atoms. The number of hydrogen-bond donors (Lipinski definition) is 2. The van der Waals surface area contributed by atoms with Crippen molar-refractivity contribution in [2.45, 2.75) is 19.4 Å². The fourth-order valence-corrected chi connectivity index (χ4v) is 2.31. The van der Waals surface area contributed by atoms with Crippen molar-refractivity contribution in [2.24, 2.45) is 5.41 Å². The summed E-state index contributed by atoms with van der Waals surface area (Å²) in [6, 6.07) is 0. The molecule has 3 rings (SSSR count). The molecular weight excluding hydrogens is 281 g/mol. The fourth-order valence-electron chi connectivity index (χ4n) is 2.13. The second-order valence-electron chi connectivity index (χ2n) is 4.85. The number of nitrogens with two attached hydrogens (primary N) is 1. The Balaban J connectivity index is 1.81. The van der Waals surface area contributed by atoms with Crippen molar-refractivity contribution in [3.8, 4) is 0 Å². The molecule has 0 amide bonds. The molecule has 9 heteroatoms. The summed E-state index contributed by atoms with van der Waals surface area (Å²) in [6.07, 6.45) is 8.18. The maximum absolute atomic E-state index is 10.5. The first kappa shape index (κ1) is 13.1. The third-order valence-corrected chi connectivity index (χ3v) is 3.74. The van der Waals surface area contributed by atoms with Crippen LogP contribution in [0.25, 0.3) is 11.2 Å². The Morgan fingerprint density at radius 1 is 1.50 bits per heavy atom. The van der Waals surface area contributed by atoms with Gasteiger partial charge in [-0.05, 0) is 18.9 Å². The Labute approximate surface area is 115 Å². The maximum Gasteiger partial charge on any atom is 0.364 e. The van der Waals surface area contributed by atoms with Gasteiger partial charge in [-0.15, -0.1) is 0 Å². The van der Waals surface area contributed by atoms with E-state index in [0.29, 0.717) is 23.5 Å². The standard InChI is InChI=1S/C11H14N5O3P/c12-9-8-10(14-6-13-9)16(7-15-8)5-11(1-2-11)3-4-19-20(17)18/h3-4,6-7,20H,1-2,5H2,(H,17,18)(H2,12,13,14)/b4-3+. The van der Waals surface area contributed by atoms with E-state index in [1.165, 1.54) is 12.6 Å². The van der Waals surface area contributed by atoms with Crippen LogP contribution < -0.4 is 5.73 Å². The molecule has 3 N–H and O–H groups in total. The largest absolute Gasteiger partial charge is 0.435 e. The average molecular weight is 295 g/mol. The minimum atomic E-state index is -2.92. The van der Waals surface area contributed by atoms with E-state index >= 15 is 0 Å². The van der Waals surface area contributed by atoms with E-state index in [1.807, 2.05) is 10.6 Å². The van der Waals surface area contributed by atoms with Crippen LogP contribution in [0.15, 0.2) is 25.0 Å². The summed E-state index contributed by atoms with van der Waals surface area (Å²) in [4.78, 5) is 20.9. The van der Waals surface area contributed by atoms with Gasteiger partial charge in [0.2, 0.25) is 0 Å². The number of aromatic nitrogens is 4. The molecule has 2 aromatic rings. The molecular formula is C11H14N5O3P. The van der Waals surface area contributed by atoms with Crippen LogP contribution >= 0.6 is 8.25 Å². The highest BCUT2D eigenvalue weighted by Crippen LogP contribution is 2.49. The van der Waals surface area contributed by atoms with E-state index in [1.54, 1.807) is 6.33 Å². The molecule has 1 atom stereocenters. The lowest BCUT2D eigenvalue weighted by Gasteiger charge is -2.11. The summed E-state index contributed by atoms with van der Waals surface area (Å²) < 4.78 is 17.0. The Kier molecular flexibility index (Phi) is 3.19. The van der Waals surface area contributed by atoms with E-state index in [-0.39, 0.29) is 5.41 Å². The van der Waals surface area contributed by atoms with Gasteiger partial charge in [0.15, 0.2) is 11.5 Å². The van der Waals surface area contributed by atoms with Crippen LogP contribution in [-0.4, -0.2) is 24.4 Å². The lowest BCUT2D eigenvalue weighted by molar-refractivity contribution is 0.373. The van der Waals surface area contributed by atoms with Crippen molar-refractivity contribution < 1.29 is 14.0 Å². The third-order valence-electron chi connectivity index (χ3n) is 3.40. The lowest BCUT2D eigenvalue weighted by atomic mass is 10.1. The first-order chi connectivity index (χ1) is 9.60. The van der Waals surface area contributed by atoms with Crippen molar-refractivity contribution in [1.82, 2.24) is 19.5 Å². The lowest BCUT2D eigenvalue weighted by Crippen LogP contribution is -2.09. The predicted octanol–water partition coefficient (Wildman–Crippen LogP) is 1.10. The van der Waals surface area contributed by atoms with Gasteiger partial charge in [0, 0.05) is 12.0 Å². The summed E-state index contributed by atoms with van der Waals surface area (Å²) >= 11 is 0. The third kappa shape index (κ3) is 2.52. The number of nitrogen functional groups attached to an aromatic ring is 1. The molecule has 0 aliphatic heterocycles. The molecule has 1 unspecified atom stereocenters. The zero-order valence-corrected chi connectivity index (χ0v) is 11.6. The molecule has 106 valence electrons. The highest BCUT2D eigenvalue weighted by Gasteiger charge is 2.41. The second-order valence-corrected chi connectivity index (χ2v) is 5.62. The number of fused-ring (bicyclic) bond motifs is 1. The Morgan fingerprint density at radius 2 is 2.30 bits per heavy atom. The zero-order chi connectivity index (χ0) is 14.2. The van der Waals surface area contributed by atoms with Gasteiger partial charge in [0.25, 0.3) is 0 Å². The SMILES string of the molecule is Nc1ncnc2c1ncn2CC1(/C=C/O[PH](=O)O)CC1. The molecule has 2 heterocycles. The number of anilines is 1. The predicted molar refractivity (Wildman–Crippen MR) is 72.8 cm³/mol. The van der Waals surface area contributed by atoms with Gasteiger partial charge in [0.05, 0.1) is 12.6 Å². The van der Waals surface area contributed by atoms with Crippen LogP contribution in [0.1, 0.15) is 12.8 Å². The summed E-state index contributed by atoms with van der Waals surface area (Å²) in [5.41, 5.74) is 6.95. The van der Waals surface area contributed by atoms with Gasteiger partial charge in [-0.3, -0.25) is 0 Å². The first-order valence-corrected chi connectivity index (χ1v) is 7.35. The normalized spacial score (nSPS) is 18.4. The van der Waals surface area contributed by atoms with Crippen molar-refractivity contribution >= 4 is 25.2 Å². The summed E-state index contributed by atoms with van der Waals surface area (Å²) in [7, 11) is -2.92. The van der Waals surface area contributed by atoms with Crippen molar-refractivity contribution in [3.05, 3.63) is 25.0 Å². The summed E-state index contributed by atoms with van der Waals surface area (Å²) in [6.45, 7) is 0.673. The average Bonchev–Trinajstić information content (AvgIpc) is 3.03. The molecule has 0 aromatic carbocycles. The van der Waals surface area contributed by atoms with E-state index in [2.05, 4.69) is 19.5 Å².